The maximum Gasteiger partial charge on any atom is 0.251 e. The average molecular weight is 249 g/mol. The zero-order valence-electron chi connectivity index (χ0n) is 10.6. The van der Waals surface area contributed by atoms with Crippen molar-refractivity contribution >= 4 is 5.91 Å². The molecule has 94 valence electrons. The van der Waals surface area contributed by atoms with Gasteiger partial charge >= 0.3 is 0 Å². The standard InChI is InChI=1S/C17H15NO/c19-17-14-7-3-5-12-9-8-11-4-1-2-6-13(11)15(10-18-17)16(12)14/h1-7,15H,8-10H2,(H,18,19). The predicted molar refractivity (Wildman–Crippen MR) is 74.5 cm³/mol. The van der Waals surface area contributed by atoms with Crippen LogP contribution >= 0.6 is 0 Å². The number of fused-ring (bicyclic) bond motifs is 2. The Kier molecular flexibility index (Phi) is 2.25. The third kappa shape index (κ3) is 1.53. The summed E-state index contributed by atoms with van der Waals surface area (Å²) in [5, 5.41) is 3.03. The molecule has 0 saturated carbocycles. The molecular weight excluding hydrogens is 234 g/mol. The predicted octanol–water partition coefficient (Wildman–Crippen LogP) is 2.66. The van der Waals surface area contributed by atoms with Crippen LogP contribution in [0.15, 0.2) is 42.5 Å². The van der Waals surface area contributed by atoms with Crippen molar-refractivity contribution in [2.75, 3.05) is 6.54 Å². The Balaban J connectivity index is 2.01. The minimum absolute atomic E-state index is 0.0764. The Morgan fingerprint density at radius 1 is 0.947 bits per heavy atom. The minimum atomic E-state index is 0.0764. The number of amides is 1. The molecule has 0 fully saturated rings. The molecule has 4 rings (SSSR count). The van der Waals surface area contributed by atoms with Crippen LogP contribution < -0.4 is 5.32 Å². The molecule has 1 amide bonds. The summed E-state index contributed by atoms with van der Waals surface area (Å²) in [6.45, 7) is 0.722. The van der Waals surface area contributed by atoms with Crippen LogP contribution in [0.2, 0.25) is 0 Å². The molecule has 2 aromatic rings. The van der Waals surface area contributed by atoms with Gasteiger partial charge in [0, 0.05) is 18.0 Å². The molecule has 2 aliphatic rings. The van der Waals surface area contributed by atoms with Crippen LogP contribution in [-0.2, 0) is 12.8 Å². The largest absolute Gasteiger partial charge is 0.351 e. The van der Waals surface area contributed by atoms with E-state index >= 15 is 0 Å². The van der Waals surface area contributed by atoms with E-state index in [1.165, 1.54) is 22.3 Å². The zero-order valence-corrected chi connectivity index (χ0v) is 10.6. The summed E-state index contributed by atoms with van der Waals surface area (Å²) >= 11 is 0. The van der Waals surface area contributed by atoms with E-state index in [0.29, 0.717) is 5.92 Å². The van der Waals surface area contributed by atoms with Gasteiger partial charge in [0.25, 0.3) is 5.91 Å². The highest BCUT2D eigenvalue weighted by atomic mass is 16.1. The van der Waals surface area contributed by atoms with Crippen LogP contribution in [0.1, 0.15) is 38.5 Å². The molecule has 1 heterocycles. The number of carbonyl (C=O) groups excluding carboxylic acids is 1. The summed E-state index contributed by atoms with van der Waals surface area (Å²) < 4.78 is 0. The number of aryl methyl sites for hydroxylation is 2. The third-order valence-corrected chi connectivity index (χ3v) is 4.35. The van der Waals surface area contributed by atoms with Crippen molar-refractivity contribution < 1.29 is 4.79 Å². The average Bonchev–Trinajstić information content (AvgIpc) is 2.62. The number of nitrogens with one attached hydrogen (secondary N) is 1. The van der Waals surface area contributed by atoms with Gasteiger partial charge in [0.2, 0.25) is 0 Å². The van der Waals surface area contributed by atoms with Gasteiger partial charge in [-0.1, -0.05) is 36.4 Å². The van der Waals surface area contributed by atoms with Gasteiger partial charge in [-0.05, 0) is 41.2 Å². The van der Waals surface area contributed by atoms with E-state index in [0.717, 1.165) is 24.9 Å². The molecule has 0 saturated heterocycles. The van der Waals surface area contributed by atoms with Crippen molar-refractivity contribution in [3.05, 3.63) is 70.3 Å². The Morgan fingerprint density at radius 2 is 1.74 bits per heavy atom. The zero-order chi connectivity index (χ0) is 12.8. The Bertz CT molecular complexity index is 675. The second-order valence-electron chi connectivity index (χ2n) is 5.34. The van der Waals surface area contributed by atoms with Gasteiger partial charge in [0.15, 0.2) is 0 Å². The first-order valence-corrected chi connectivity index (χ1v) is 6.82. The quantitative estimate of drug-likeness (QED) is 0.764. The summed E-state index contributed by atoms with van der Waals surface area (Å²) in [4.78, 5) is 12.0. The first kappa shape index (κ1) is 10.8. The number of rotatable bonds is 0. The smallest absolute Gasteiger partial charge is 0.251 e. The Morgan fingerprint density at radius 3 is 2.68 bits per heavy atom. The first-order chi connectivity index (χ1) is 9.34. The molecule has 19 heavy (non-hydrogen) atoms. The highest BCUT2D eigenvalue weighted by molar-refractivity contribution is 5.97. The SMILES string of the molecule is O=C1NCC2c3ccccc3CCc3cccc1c32. The van der Waals surface area contributed by atoms with Gasteiger partial charge in [0.05, 0.1) is 0 Å². The van der Waals surface area contributed by atoms with Crippen molar-refractivity contribution in [1.29, 1.82) is 0 Å². The van der Waals surface area contributed by atoms with Crippen LogP contribution in [0.3, 0.4) is 0 Å². The fraction of sp³-hybridized carbons (Fsp3) is 0.235. The van der Waals surface area contributed by atoms with Crippen molar-refractivity contribution in [2.24, 2.45) is 0 Å². The van der Waals surface area contributed by atoms with Crippen LogP contribution in [0, 0.1) is 0 Å². The minimum Gasteiger partial charge on any atom is -0.351 e. The molecule has 1 N–H and O–H groups in total. The summed E-state index contributed by atoms with van der Waals surface area (Å²) in [5.74, 6) is 0.398. The molecule has 2 nitrogen and oxygen atoms in total. The lowest BCUT2D eigenvalue weighted by atomic mass is 9.82. The fourth-order valence-electron chi connectivity index (χ4n) is 3.47. The number of carbonyl (C=O) groups is 1. The molecule has 1 aliphatic carbocycles. The molecule has 0 radical (unpaired) electrons. The van der Waals surface area contributed by atoms with Gasteiger partial charge < -0.3 is 5.32 Å². The van der Waals surface area contributed by atoms with E-state index < -0.39 is 0 Å². The Hall–Kier alpha value is -2.09. The first-order valence-electron chi connectivity index (χ1n) is 6.82. The second kappa shape index (κ2) is 3.95. The highest BCUT2D eigenvalue weighted by Crippen LogP contribution is 2.37. The number of hydrogen-bond donors (Lipinski definition) is 1. The van der Waals surface area contributed by atoms with Crippen molar-refractivity contribution in [2.45, 2.75) is 18.8 Å². The third-order valence-electron chi connectivity index (χ3n) is 4.35. The second-order valence-corrected chi connectivity index (χ2v) is 5.34. The normalized spacial score (nSPS) is 20.0. The molecule has 1 atom stereocenters. The fourth-order valence-corrected chi connectivity index (χ4v) is 3.47. The number of benzene rings is 2. The van der Waals surface area contributed by atoms with E-state index in [9.17, 15) is 4.79 Å². The van der Waals surface area contributed by atoms with Crippen molar-refractivity contribution in [3.63, 3.8) is 0 Å². The lowest BCUT2D eigenvalue weighted by Gasteiger charge is -2.27. The maximum absolute atomic E-state index is 12.0. The van der Waals surface area contributed by atoms with Crippen LogP contribution in [0.25, 0.3) is 0 Å². The lowest BCUT2D eigenvalue weighted by molar-refractivity contribution is 0.0942. The molecule has 2 heteroatoms. The molecule has 1 unspecified atom stereocenters. The van der Waals surface area contributed by atoms with Crippen molar-refractivity contribution in [1.82, 2.24) is 5.32 Å². The van der Waals surface area contributed by atoms with E-state index in [1.54, 1.807) is 0 Å². The van der Waals surface area contributed by atoms with Gasteiger partial charge in [-0.15, -0.1) is 0 Å². The number of hydrogen-bond acceptors (Lipinski definition) is 1. The van der Waals surface area contributed by atoms with Crippen LogP contribution in [-0.4, -0.2) is 12.5 Å². The molecular formula is C17H15NO. The topological polar surface area (TPSA) is 29.1 Å². The molecule has 2 aromatic carbocycles. The van der Waals surface area contributed by atoms with E-state index in [4.69, 9.17) is 0 Å². The molecule has 0 spiro atoms. The Labute approximate surface area is 112 Å². The van der Waals surface area contributed by atoms with E-state index in [2.05, 4.69) is 35.6 Å². The molecule has 0 aromatic heterocycles. The van der Waals surface area contributed by atoms with E-state index in [-0.39, 0.29) is 5.91 Å². The summed E-state index contributed by atoms with van der Waals surface area (Å²) in [5.41, 5.74) is 6.27. The monoisotopic (exact) mass is 249 g/mol. The summed E-state index contributed by atoms with van der Waals surface area (Å²) in [6.07, 6.45) is 2.10. The molecule has 1 aliphatic heterocycles. The van der Waals surface area contributed by atoms with Gasteiger partial charge in [-0.25, -0.2) is 0 Å². The van der Waals surface area contributed by atoms with Gasteiger partial charge in [-0.3, -0.25) is 4.79 Å². The lowest BCUT2D eigenvalue weighted by Crippen LogP contribution is -2.36. The highest BCUT2D eigenvalue weighted by Gasteiger charge is 2.31. The summed E-state index contributed by atoms with van der Waals surface area (Å²) in [7, 11) is 0. The van der Waals surface area contributed by atoms with Crippen LogP contribution in [0.4, 0.5) is 0 Å². The van der Waals surface area contributed by atoms with Gasteiger partial charge in [0.1, 0.15) is 0 Å². The van der Waals surface area contributed by atoms with Gasteiger partial charge in [-0.2, -0.15) is 0 Å². The maximum atomic E-state index is 12.0. The summed E-state index contributed by atoms with van der Waals surface area (Å²) in [6, 6.07) is 14.8. The molecule has 0 bridgehead atoms. The van der Waals surface area contributed by atoms with Crippen molar-refractivity contribution in [3.8, 4) is 0 Å². The van der Waals surface area contributed by atoms with E-state index in [1.807, 2.05) is 12.1 Å². The van der Waals surface area contributed by atoms with Crippen LogP contribution in [0.5, 0.6) is 0 Å².